The summed E-state index contributed by atoms with van der Waals surface area (Å²) in [5.41, 5.74) is 0. The number of hydrogen-bond acceptors (Lipinski definition) is 3. The molecule has 0 aliphatic carbocycles. The molecular formula is C67H113NO3. The number of rotatable bonds is 53. The van der Waals surface area contributed by atoms with E-state index in [0.717, 1.165) is 96.3 Å². The van der Waals surface area contributed by atoms with Gasteiger partial charge in [-0.1, -0.05) is 282 Å². The Bertz CT molecular complexity index is 1440. The second kappa shape index (κ2) is 60.8. The molecule has 2 unspecified atom stereocenters. The van der Waals surface area contributed by atoms with E-state index >= 15 is 0 Å². The molecule has 0 aliphatic rings. The smallest absolute Gasteiger partial charge is 0.220 e. The van der Waals surface area contributed by atoms with Crippen LogP contribution in [0.4, 0.5) is 0 Å². The van der Waals surface area contributed by atoms with Crippen LogP contribution in [0.5, 0.6) is 0 Å². The number of unbranched alkanes of at least 4 members (excludes halogenated alkanes) is 26. The van der Waals surface area contributed by atoms with Crippen molar-refractivity contribution < 1.29 is 15.0 Å². The van der Waals surface area contributed by atoms with Crippen molar-refractivity contribution in [1.82, 2.24) is 5.32 Å². The molecule has 0 aliphatic heterocycles. The van der Waals surface area contributed by atoms with Crippen LogP contribution in [-0.4, -0.2) is 34.9 Å². The van der Waals surface area contributed by atoms with Gasteiger partial charge in [-0.05, 0) is 109 Å². The van der Waals surface area contributed by atoms with Gasteiger partial charge in [0.2, 0.25) is 5.91 Å². The van der Waals surface area contributed by atoms with Crippen LogP contribution in [0.1, 0.15) is 264 Å². The summed E-state index contributed by atoms with van der Waals surface area (Å²) in [6.07, 6.45) is 94.9. The van der Waals surface area contributed by atoms with Gasteiger partial charge in [0.25, 0.3) is 0 Å². The summed E-state index contributed by atoms with van der Waals surface area (Å²) in [5, 5.41) is 23.1. The quantitative estimate of drug-likeness (QED) is 0.0420. The van der Waals surface area contributed by atoms with Gasteiger partial charge in [-0.15, -0.1) is 0 Å². The molecule has 2 atom stereocenters. The first-order valence-corrected chi connectivity index (χ1v) is 29.9. The second-order valence-corrected chi connectivity index (χ2v) is 19.7. The van der Waals surface area contributed by atoms with Gasteiger partial charge in [-0.25, -0.2) is 0 Å². The van der Waals surface area contributed by atoms with E-state index in [1.54, 1.807) is 6.08 Å². The van der Waals surface area contributed by atoms with E-state index in [0.29, 0.717) is 6.42 Å². The predicted molar refractivity (Wildman–Crippen MR) is 317 cm³/mol. The first kappa shape index (κ1) is 67.5. The number of aliphatic hydroxyl groups is 2. The summed E-state index contributed by atoms with van der Waals surface area (Å²) >= 11 is 0. The highest BCUT2D eigenvalue weighted by Crippen LogP contribution is 2.16. The fourth-order valence-corrected chi connectivity index (χ4v) is 8.34. The molecule has 1 amide bonds. The summed E-state index contributed by atoms with van der Waals surface area (Å²) in [6, 6.07) is -0.681. The van der Waals surface area contributed by atoms with E-state index in [4.69, 9.17) is 0 Å². The molecule has 71 heavy (non-hydrogen) atoms. The van der Waals surface area contributed by atoms with Crippen molar-refractivity contribution in [3.05, 3.63) is 134 Å². The van der Waals surface area contributed by atoms with Crippen LogP contribution in [-0.2, 0) is 4.79 Å². The topological polar surface area (TPSA) is 69.6 Å². The standard InChI is InChI=1S/C67H113NO3/c1-3-5-7-9-11-13-15-17-19-21-23-25-27-29-31-32-33-34-35-37-38-40-42-44-46-48-50-52-54-56-58-60-62-66(70)65(64-69)68-67(71)63-61-59-57-55-53-51-49-47-45-43-41-39-36-30-28-26-24-22-20-18-16-14-12-10-8-6-4-2/h6,8,12,14,18,20,24,26,30,36,41,43-44,46-47,49,52-55,60,62,65-66,69-70H,3-5,7,9-11,13,15-17,19,21-23,25,27-29,31-35,37-40,42,45,48,50-51,56-59,61,63-64H2,1-2H3,(H,68,71)/b8-6-,14-12-,20-18-,26-24-,36-30-,43-41-,46-44+,49-47-,54-52+,55-53-,62-60+. The minimum Gasteiger partial charge on any atom is -0.394 e. The van der Waals surface area contributed by atoms with E-state index < -0.39 is 12.1 Å². The van der Waals surface area contributed by atoms with Gasteiger partial charge in [0.1, 0.15) is 0 Å². The molecule has 3 N–H and O–H groups in total. The molecule has 0 heterocycles. The molecular weight excluding hydrogens is 867 g/mol. The van der Waals surface area contributed by atoms with E-state index in [9.17, 15) is 15.0 Å². The zero-order valence-electron chi connectivity index (χ0n) is 46.4. The third-order valence-electron chi connectivity index (χ3n) is 12.8. The Morgan fingerprint density at radius 3 is 0.986 bits per heavy atom. The molecule has 0 saturated carbocycles. The van der Waals surface area contributed by atoms with Gasteiger partial charge in [-0.2, -0.15) is 0 Å². The SMILES string of the molecule is CC/C=C\C/C=C\C/C=C\C/C=C\C/C=C\C/C=C\C/C=C\C/C=C\CCCCC(=O)NC(CO)C(O)/C=C/CC/C=C/CC/C=C/CCCCCCCCCCCCCCCCCCCCCCCC. The van der Waals surface area contributed by atoms with Crippen molar-refractivity contribution in [2.75, 3.05) is 6.61 Å². The Balaban J connectivity index is 3.68. The largest absolute Gasteiger partial charge is 0.394 e. The lowest BCUT2D eigenvalue weighted by molar-refractivity contribution is -0.123. The van der Waals surface area contributed by atoms with Crippen molar-refractivity contribution in [2.45, 2.75) is 276 Å². The van der Waals surface area contributed by atoms with Crippen LogP contribution in [0.2, 0.25) is 0 Å². The molecule has 0 aromatic rings. The lowest BCUT2D eigenvalue weighted by Gasteiger charge is -2.19. The van der Waals surface area contributed by atoms with Gasteiger partial charge in [0, 0.05) is 6.42 Å². The third-order valence-corrected chi connectivity index (χ3v) is 12.8. The van der Waals surface area contributed by atoms with Crippen LogP contribution < -0.4 is 5.32 Å². The third kappa shape index (κ3) is 57.3. The molecule has 0 spiro atoms. The highest BCUT2D eigenvalue weighted by Gasteiger charge is 2.17. The fraction of sp³-hybridized carbons (Fsp3) is 0.657. The zero-order valence-corrected chi connectivity index (χ0v) is 46.4. The van der Waals surface area contributed by atoms with E-state index in [1.165, 1.54) is 148 Å². The number of nitrogens with one attached hydrogen (secondary N) is 1. The number of hydrogen-bond donors (Lipinski definition) is 3. The zero-order chi connectivity index (χ0) is 51.3. The normalized spacial score (nSPS) is 13.8. The van der Waals surface area contributed by atoms with Crippen LogP contribution >= 0.6 is 0 Å². The Kier molecular flexibility index (Phi) is 57.9. The maximum atomic E-state index is 12.5. The summed E-state index contributed by atoms with van der Waals surface area (Å²) in [6.45, 7) is 4.17. The second-order valence-electron chi connectivity index (χ2n) is 19.7. The molecule has 0 bridgehead atoms. The minimum absolute atomic E-state index is 0.124. The van der Waals surface area contributed by atoms with Crippen LogP contribution in [0, 0.1) is 0 Å². The summed E-state index contributed by atoms with van der Waals surface area (Å²) < 4.78 is 0. The fourth-order valence-electron chi connectivity index (χ4n) is 8.34. The van der Waals surface area contributed by atoms with E-state index in [2.05, 4.69) is 141 Å². The van der Waals surface area contributed by atoms with Gasteiger partial charge in [0.15, 0.2) is 0 Å². The molecule has 0 aromatic heterocycles. The molecule has 0 fully saturated rings. The maximum Gasteiger partial charge on any atom is 0.220 e. The van der Waals surface area contributed by atoms with Crippen molar-refractivity contribution in [3.8, 4) is 0 Å². The number of amides is 1. The summed E-state index contributed by atoms with van der Waals surface area (Å²) in [4.78, 5) is 12.5. The van der Waals surface area contributed by atoms with Crippen molar-refractivity contribution in [2.24, 2.45) is 0 Å². The predicted octanol–water partition coefficient (Wildman–Crippen LogP) is 20.2. The summed E-state index contributed by atoms with van der Waals surface area (Å²) in [7, 11) is 0. The van der Waals surface area contributed by atoms with Crippen LogP contribution in [0.25, 0.3) is 0 Å². The Hall–Kier alpha value is -3.47. The molecule has 0 radical (unpaired) electrons. The highest BCUT2D eigenvalue weighted by molar-refractivity contribution is 5.76. The van der Waals surface area contributed by atoms with Crippen LogP contribution in [0.15, 0.2) is 134 Å². The van der Waals surface area contributed by atoms with Crippen molar-refractivity contribution in [1.29, 1.82) is 0 Å². The van der Waals surface area contributed by atoms with Gasteiger partial charge in [-0.3, -0.25) is 4.79 Å². The minimum atomic E-state index is -0.901. The average Bonchev–Trinajstić information content (AvgIpc) is 3.37. The maximum absolute atomic E-state index is 12.5. The Morgan fingerprint density at radius 2 is 0.634 bits per heavy atom. The van der Waals surface area contributed by atoms with E-state index in [-0.39, 0.29) is 12.5 Å². The molecule has 4 heteroatoms. The molecule has 4 nitrogen and oxygen atoms in total. The highest BCUT2D eigenvalue weighted by atomic mass is 16.3. The molecule has 404 valence electrons. The monoisotopic (exact) mass is 980 g/mol. The number of carbonyl (C=O) groups is 1. The van der Waals surface area contributed by atoms with Crippen molar-refractivity contribution >= 4 is 5.91 Å². The van der Waals surface area contributed by atoms with Gasteiger partial charge < -0.3 is 15.5 Å². The first-order valence-electron chi connectivity index (χ1n) is 29.9. The first-order chi connectivity index (χ1) is 35.2. The molecule has 0 aromatic carbocycles. The average molecular weight is 981 g/mol. The summed E-state index contributed by atoms with van der Waals surface area (Å²) in [5.74, 6) is -0.124. The van der Waals surface area contributed by atoms with Crippen LogP contribution in [0.3, 0.4) is 0 Å². The van der Waals surface area contributed by atoms with E-state index in [1.807, 2.05) is 6.08 Å². The molecule has 0 rings (SSSR count). The lowest BCUT2D eigenvalue weighted by Crippen LogP contribution is -2.45. The number of aliphatic hydroxyl groups excluding tert-OH is 2. The number of carbonyl (C=O) groups excluding carboxylic acids is 1. The van der Waals surface area contributed by atoms with Crippen molar-refractivity contribution in [3.63, 3.8) is 0 Å². The molecule has 0 saturated heterocycles. The lowest BCUT2D eigenvalue weighted by atomic mass is 10.0. The Labute approximate surface area is 441 Å². The van der Waals surface area contributed by atoms with Gasteiger partial charge in [0.05, 0.1) is 18.8 Å². The Morgan fingerprint density at radius 1 is 0.352 bits per heavy atom. The number of allylic oxidation sites excluding steroid dienone is 21. The van der Waals surface area contributed by atoms with Gasteiger partial charge >= 0.3 is 0 Å².